The molecule has 0 spiro atoms. The van der Waals surface area contributed by atoms with Gasteiger partial charge in [0.25, 0.3) is 0 Å². The molecular weight excluding hydrogens is 501 g/mol. The number of benzene rings is 1. The summed E-state index contributed by atoms with van der Waals surface area (Å²) in [6.45, 7) is 11.4. The fourth-order valence-corrected chi connectivity index (χ4v) is 4.54. The SMILES string of the molecule is CCNC(=NCC1CCN(CCOC)CC1)NCC1CCCN1Cc1ccccc1.I. The van der Waals surface area contributed by atoms with Crippen molar-refractivity contribution >= 4 is 29.9 Å². The fourth-order valence-electron chi connectivity index (χ4n) is 4.54. The van der Waals surface area contributed by atoms with E-state index in [0.29, 0.717) is 12.0 Å². The lowest BCUT2D eigenvalue weighted by molar-refractivity contribution is 0.121. The maximum absolute atomic E-state index is 5.20. The molecule has 1 atom stereocenters. The van der Waals surface area contributed by atoms with Crippen molar-refractivity contribution in [2.24, 2.45) is 10.9 Å². The van der Waals surface area contributed by atoms with Gasteiger partial charge < -0.3 is 20.3 Å². The van der Waals surface area contributed by atoms with Gasteiger partial charge in [-0.3, -0.25) is 9.89 Å². The zero-order valence-corrected chi connectivity index (χ0v) is 21.7. The molecule has 6 nitrogen and oxygen atoms in total. The van der Waals surface area contributed by atoms with E-state index in [9.17, 15) is 0 Å². The third-order valence-corrected chi connectivity index (χ3v) is 6.40. The Kier molecular flexibility index (Phi) is 12.8. The van der Waals surface area contributed by atoms with Crippen molar-refractivity contribution in [2.45, 2.75) is 45.2 Å². The minimum Gasteiger partial charge on any atom is -0.383 e. The lowest BCUT2D eigenvalue weighted by atomic mass is 9.97. The molecule has 1 unspecified atom stereocenters. The summed E-state index contributed by atoms with van der Waals surface area (Å²) in [7, 11) is 1.78. The lowest BCUT2D eigenvalue weighted by Gasteiger charge is -2.31. The third-order valence-electron chi connectivity index (χ3n) is 6.40. The number of hydrogen-bond donors (Lipinski definition) is 2. The van der Waals surface area contributed by atoms with E-state index in [0.717, 1.165) is 45.3 Å². The van der Waals surface area contributed by atoms with E-state index in [1.807, 2.05) is 0 Å². The summed E-state index contributed by atoms with van der Waals surface area (Å²) in [5.74, 6) is 1.67. The van der Waals surface area contributed by atoms with Crippen LogP contribution in [0.3, 0.4) is 0 Å². The first kappa shape index (κ1) is 26.4. The van der Waals surface area contributed by atoms with Gasteiger partial charge in [0.1, 0.15) is 0 Å². The molecule has 2 saturated heterocycles. The number of methoxy groups -OCH3 is 1. The lowest BCUT2D eigenvalue weighted by Crippen LogP contribution is -2.45. The Morgan fingerprint density at radius 1 is 1.10 bits per heavy atom. The molecule has 2 heterocycles. The van der Waals surface area contributed by atoms with Crippen molar-refractivity contribution in [3.05, 3.63) is 35.9 Å². The van der Waals surface area contributed by atoms with E-state index in [-0.39, 0.29) is 24.0 Å². The second kappa shape index (κ2) is 15.0. The van der Waals surface area contributed by atoms with Gasteiger partial charge in [-0.05, 0) is 63.7 Å². The van der Waals surface area contributed by atoms with E-state index < -0.39 is 0 Å². The van der Waals surface area contributed by atoms with E-state index >= 15 is 0 Å². The first-order valence-electron chi connectivity index (χ1n) is 11.8. The van der Waals surface area contributed by atoms with Gasteiger partial charge in [-0.1, -0.05) is 30.3 Å². The van der Waals surface area contributed by atoms with Gasteiger partial charge in [-0.25, -0.2) is 0 Å². The number of rotatable bonds is 10. The summed E-state index contributed by atoms with van der Waals surface area (Å²) in [6, 6.07) is 11.4. The Labute approximate surface area is 206 Å². The molecule has 0 amide bonds. The Balaban J connectivity index is 0.00000341. The molecule has 3 rings (SSSR count). The molecule has 0 aromatic heterocycles. The summed E-state index contributed by atoms with van der Waals surface area (Å²) < 4.78 is 5.20. The Morgan fingerprint density at radius 3 is 2.58 bits per heavy atom. The molecule has 0 saturated carbocycles. The molecule has 2 aliphatic rings. The first-order valence-corrected chi connectivity index (χ1v) is 11.8. The molecule has 2 N–H and O–H groups in total. The van der Waals surface area contributed by atoms with Crippen molar-refractivity contribution in [1.82, 2.24) is 20.4 Å². The fraction of sp³-hybridized carbons (Fsp3) is 0.708. The molecule has 2 fully saturated rings. The van der Waals surface area contributed by atoms with Crippen molar-refractivity contribution in [2.75, 3.05) is 59.5 Å². The van der Waals surface area contributed by atoms with E-state index in [2.05, 4.69) is 57.7 Å². The number of ether oxygens (including phenoxy) is 1. The topological polar surface area (TPSA) is 52.1 Å². The largest absolute Gasteiger partial charge is 0.383 e. The maximum Gasteiger partial charge on any atom is 0.191 e. The van der Waals surface area contributed by atoms with Crippen LogP contribution < -0.4 is 10.6 Å². The highest BCUT2D eigenvalue weighted by Gasteiger charge is 2.24. The van der Waals surface area contributed by atoms with Crippen LogP contribution in [0.5, 0.6) is 0 Å². The average Bonchev–Trinajstić information content (AvgIpc) is 3.22. The second-order valence-electron chi connectivity index (χ2n) is 8.63. The maximum atomic E-state index is 5.20. The minimum atomic E-state index is 0. The second-order valence-corrected chi connectivity index (χ2v) is 8.63. The van der Waals surface area contributed by atoms with Crippen LogP contribution in [-0.4, -0.2) is 81.3 Å². The molecule has 2 aliphatic heterocycles. The zero-order valence-electron chi connectivity index (χ0n) is 19.4. The number of guanidine groups is 1. The zero-order chi connectivity index (χ0) is 21.0. The summed E-state index contributed by atoms with van der Waals surface area (Å²) in [6.07, 6.45) is 5.02. The van der Waals surface area contributed by atoms with Crippen molar-refractivity contribution in [3.8, 4) is 0 Å². The molecule has 1 aromatic rings. The quantitative estimate of drug-likeness (QED) is 0.270. The normalized spacial score (nSPS) is 21.1. The van der Waals surface area contributed by atoms with Gasteiger partial charge in [0, 0.05) is 45.9 Å². The van der Waals surface area contributed by atoms with Crippen molar-refractivity contribution in [1.29, 1.82) is 0 Å². The number of hydrogen-bond acceptors (Lipinski definition) is 4. The van der Waals surface area contributed by atoms with Crippen molar-refractivity contribution in [3.63, 3.8) is 0 Å². The van der Waals surface area contributed by atoms with Crippen LogP contribution in [-0.2, 0) is 11.3 Å². The number of halogens is 1. The summed E-state index contributed by atoms with van der Waals surface area (Å²) in [4.78, 5) is 10.0. The number of nitrogens with one attached hydrogen (secondary N) is 2. The van der Waals surface area contributed by atoms with Crippen LogP contribution in [0, 0.1) is 5.92 Å². The van der Waals surface area contributed by atoms with Gasteiger partial charge in [0.05, 0.1) is 6.61 Å². The standard InChI is InChI=1S/C24H41N5O.HI/c1-3-25-24(26-18-21-11-14-28(15-12-21)16-17-30-2)27-19-23-10-7-13-29(23)20-22-8-5-4-6-9-22;/h4-6,8-9,21,23H,3,7,10-20H2,1-2H3,(H2,25,26,27);1H. The number of piperidine rings is 1. The predicted octanol–water partition coefficient (Wildman–Crippen LogP) is 3.18. The van der Waals surface area contributed by atoms with Crippen LogP contribution in [0.2, 0.25) is 0 Å². The average molecular weight is 544 g/mol. The highest BCUT2D eigenvalue weighted by Crippen LogP contribution is 2.20. The molecule has 0 bridgehead atoms. The number of aliphatic imine (C=N–C) groups is 1. The van der Waals surface area contributed by atoms with E-state index in [4.69, 9.17) is 9.73 Å². The Bertz CT molecular complexity index is 622. The molecule has 176 valence electrons. The van der Waals surface area contributed by atoms with Gasteiger partial charge >= 0.3 is 0 Å². The minimum absolute atomic E-state index is 0. The molecular formula is C24H42IN5O. The van der Waals surface area contributed by atoms with Crippen LogP contribution in [0.1, 0.15) is 38.2 Å². The van der Waals surface area contributed by atoms with Crippen LogP contribution in [0.15, 0.2) is 35.3 Å². The van der Waals surface area contributed by atoms with Gasteiger partial charge in [0.2, 0.25) is 0 Å². The van der Waals surface area contributed by atoms with Gasteiger partial charge in [0.15, 0.2) is 5.96 Å². The predicted molar refractivity (Wildman–Crippen MR) is 140 cm³/mol. The summed E-state index contributed by atoms with van der Waals surface area (Å²) >= 11 is 0. The molecule has 7 heteroatoms. The van der Waals surface area contributed by atoms with Gasteiger partial charge in [-0.15, -0.1) is 24.0 Å². The summed E-state index contributed by atoms with van der Waals surface area (Å²) in [5, 5.41) is 7.07. The highest BCUT2D eigenvalue weighted by molar-refractivity contribution is 14.0. The Hall–Kier alpha value is -0.900. The van der Waals surface area contributed by atoms with Crippen molar-refractivity contribution < 1.29 is 4.74 Å². The molecule has 0 aliphatic carbocycles. The molecule has 1 aromatic carbocycles. The van der Waals surface area contributed by atoms with Crippen LogP contribution >= 0.6 is 24.0 Å². The van der Waals surface area contributed by atoms with Gasteiger partial charge in [-0.2, -0.15) is 0 Å². The third kappa shape index (κ3) is 9.24. The molecule has 31 heavy (non-hydrogen) atoms. The Morgan fingerprint density at radius 2 is 1.87 bits per heavy atom. The summed E-state index contributed by atoms with van der Waals surface area (Å²) in [5.41, 5.74) is 1.40. The molecule has 0 radical (unpaired) electrons. The number of likely N-dealkylation sites (tertiary alicyclic amines) is 2. The number of nitrogens with zero attached hydrogens (tertiary/aromatic N) is 3. The highest BCUT2D eigenvalue weighted by atomic mass is 127. The van der Waals surface area contributed by atoms with E-state index in [1.54, 1.807) is 7.11 Å². The first-order chi connectivity index (χ1) is 14.8. The van der Waals surface area contributed by atoms with Crippen LogP contribution in [0.4, 0.5) is 0 Å². The van der Waals surface area contributed by atoms with Crippen LogP contribution in [0.25, 0.3) is 0 Å². The smallest absolute Gasteiger partial charge is 0.191 e. The monoisotopic (exact) mass is 543 g/mol. The van der Waals surface area contributed by atoms with E-state index in [1.165, 1.54) is 50.9 Å².